The number of piperidine rings is 1. The topological polar surface area (TPSA) is 59.8 Å². The lowest BCUT2D eigenvalue weighted by atomic mass is 9.72. The highest BCUT2D eigenvalue weighted by atomic mass is 16.3. The van der Waals surface area contributed by atoms with Gasteiger partial charge in [0.25, 0.3) is 0 Å². The van der Waals surface area contributed by atoms with Crippen LogP contribution < -0.4 is 4.90 Å². The van der Waals surface area contributed by atoms with Crippen LogP contribution in [-0.4, -0.2) is 59.5 Å². The van der Waals surface area contributed by atoms with Crippen LogP contribution in [0.1, 0.15) is 35.6 Å². The van der Waals surface area contributed by atoms with E-state index in [2.05, 4.69) is 52.0 Å². The van der Waals surface area contributed by atoms with Crippen LogP contribution in [-0.2, 0) is 5.41 Å². The van der Waals surface area contributed by atoms with Crippen LogP contribution in [0.5, 0.6) is 0 Å². The molecule has 1 aliphatic heterocycles. The molecule has 2 aromatic rings. The number of rotatable bonds is 4. The van der Waals surface area contributed by atoms with Gasteiger partial charge in [-0.05, 0) is 49.6 Å². The van der Waals surface area contributed by atoms with Gasteiger partial charge in [0.15, 0.2) is 0 Å². The predicted octanol–water partition coefficient (Wildman–Crippen LogP) is 2.27. The minimum absolute atomic E-state index is 0.0588. The maximum atomic E-state index is 11.4. The van der Waals surface area contributed by atoms with Gasteiger partial charge in [-0.3, -0.25) is 4.90 Å². The Morgan fingerprint density at radius 1 is 1.19 bits per heavy atom. The molecule has 2 N–H and O–H groups in total. The van der Waals surface area contributed by atoms with Crippen molar-refractivity contribution in [3.8, 4) is 0 Å². The molecule has 1 saturated heterocycles. The molecule has 5 heteroatoms. The van der Waals surface area contributed by atoms with Crippen molar-refractivity contribution in [2.45, 2.75) is 37.3 Å². The van der Waals surface area contributed by atoms with E-state index in [-0.39, 0.29) is 18.1 Å². The summed E-state index contributed by atoms with van der Waals surface area (Å²) in [5.41, 5.74) is 3.47. The van der Waals surface area contributed by atoms with Gasteiger partial charge in [0.2, 0.25) is 0 Å². The lowest BCUT2D eigenvalue weighted by Crippen LogP contribution is -2.50. The maximum absolute atomic E-state index is 11.4. The van der Waals surface area contributed by atoms with Gasteiger partial charge in [0.1, 0.15) is 5.82 Å². The lowest BCUT2D eigenvalue weighted by molar-refractivity contribution is 0.00488. The number of aromatic nitrogens is 1. The number of likely N-dealkylation sites (N-methyl/N-ethyl adjacent to an activating group) is 1. The van der Waals surface area contributed by atoms with Crippen molar-refractivity contribution in [1.29, 1.82) is 0 Å². The van der Waals surface area contributed by atoms with Gasteiger partial charge in [-0.25, -0.2) is 4.98 Å². The zero-order chi connectivity index (χ0) is 19.0. The van der Waals surface area contributed by atoms with Gasteiger partial charge in [-0.15, -0.1) is 0 Å². The van der Waals surface area contributed by atoms with Crippen molar-refractivity contribution in [3.63, 3.8) is 0 Å². The number of benzene rings is 1. The van der Waals surface area contributed by atoms with Crippen LogP contribution in [0.4, 0.5) is 5.82 Å². The molecule has 2 atom stereocenters. The molecule has 0 unspecified atom stereocenters. The first-order chi connectivity index (χ1) is 13.1. The molecule has 0 bridgehead atoms. The molecule has 0 amide bonds. The highest BCUT2D eigenvalue weighted by Crippen LogP contribution is 2.52. The van der Waals surface area contributed by atoms with Crippen LogP contribution in [0.15, 0.2) is 42.6 Å². The molecule has 0 saturated carbocycles. The highest BCUT2D eigenvalue weighted by Gasteiger charge is 2.53. The van der Waals surface area contributed by atoms with Crippen molar-refractivity contribution in [2.75, 3.05) is 38.2 Å². The summed E-state index contributed by atoms with van der Waals surface area (Å²) >= 11 is 0. The number of aliphatic hydroxyl groups is 2. The third-order valence-electron chi connectivity index (χ3n) is 6.55. The van der Waals surface area contributed by atoms with E-state index in [1.165, 1.54) is 16.7 Å². The smallest absolute Gasteiger partial charge is 0.131 e. The summed E-state index contributed by atoms with van der Waals surface area (Å²) in [4.78, 5) is 9.01. The zero-order valence-corrected chi connectivity index (χ0v) is 16.2. The van der Waals surface area contributed by atoms with Gasteiger partial charge in [-0.1, -0.05) is 30.3 Å². The van der Waals surface area contributed by atoms with Crippen LogP contribution >= 0.6 is 0 Å². The Labute approximate surface area is 161 Å². The van der Waals surface area contributed by atoms with Gasteiger partial charge in [0.05, 0.1) is 18.8 Å². The molecule has 2 aliphatic rings. The summed E-state index contributed by atoms with van der Waals surface area (Å²) < 4.78 is 0. The minimum atomic E-state index is -0.460. The van der Waals surface area contributed by atoms with Crippen LogP contribution in [0, 0.1) is 6.92 Å². The van der Waals surface area contributed by atoms with Gasteiger partial charge >= 0.3 is 0 Å². The average Bonchev–Trinajstić information content (AvgIpc) is 2.92. The first kappa shape index (κ1) is 18.4. The molecule has 2 heterocycles. The molecule has 5 nitrogen and oxygen atoms in total. The van der Waals surface area contributed by atoms with Crippen LogP contribution in [0.25, 0.3) is 0 Å². The third-order valence-corrected chi connectivity index (χ3v) is 6.55. The summed E-state index contributed by atoms with van der Waals surface area (Å²) in [6.45, 7) is 4.54. The molecule has 1 aromatic heterocycles. The van der Waals surface area contributed by atoms with Gasteiger partial charge in [0, 0.05) is 31.2 Å². The Bertz CT molecular complexity index is 802. The summed E-state index contributed by atoms with van der Waals surface area (Å²) in [6, 6.07) is 12.5. The third kappa shape index (κ3) is 2.94. The molecule has 1 aliphatic carbocycles. The second kappa shape index (κ2) is 7.23. The summed E-state index contributed by atoms with van der Waals surface area (Å²) in [7, 11) is 1.99. The van der Waals surface area contributed by atoms with E-state index in [1.54, 1.807) is 0 Å². The number of anilines is 1. The maximum Gasteiger partial charge on any atom is 0.131 e. The normalized spacial score (nSPS) is 23.8. The standard InChI is InChI=1S/C22H29N3O2/c1-16-6-5-11-23-21(16)25-12-9-22(10-13-25)18-8-4-3-7-17(18)19(20(22)27)24(2)14-15-26/h3-8,11,19-20,26-27H,9-10,12-15H2,1-2H3/t19-,20+/m1/s1. The van der Waals surface area contributed by atoms with Crippen molar-refractivity contribution >= 4 is 5.82 Å². The fraction of sp³-hybridized carbons (Fsp3) is 0.500. The highest BCUT2D eigenvalue weighted by molar-refractivity contribution is 5.50. The number of pyridine rings is 1. The number of hydrogen-bond acceptors (Lipinski definition) is 5. The monoisotopic (exact) mass is 367 g/mol. The van der Waals surface area contributed by atoms with Crippen LogP contribution in [0.3, 0.4) is 0 Å². The van der Waals surface area contributed by atoms with Crippen molar-refractivity contribution < 1.29 is 10.2 Å². The first-order valence-corrected chi connectivity index (χ1v) is 9.83. The number of hydrogen-bond donors (Lipinski definition) is 2. The molecule has 27 heavy (non-hydrogen) atoms. The van der Waals surface area contributed by atoms with E-state index in [0.717, 1.165) is 31.7 Å². The van der Waals surface area contributed by atoms with Crippen molar-refractivity contribution in [2.24, 2.45) is 0 Å². The Morgan fingerprint density at radius 3 is 2.63 bits per heavy atom. The Morgan fingerprint density at radius 2 is 1.93 bits per heavy atom. The minimum Gasteiger partial charge on any atom is -0.395 e. The fourth-order valence-electron chi connectivity index (χ4n) is 5.11. The number of nitrogens with zero attached hydrogens (tertiary/aromatic N) is 3. The van der Waals surface area contributed by atoms with E-state index >= 15 is 0 Å². The molecule has 4 rings (SSSR count). The van der Waals surface area contributed by atoms with Gasteiger partial charge in [-0.2, -0.15) is 0 Å². The van der Waals surface area contributed by atoms with E-state index in [9.17, 15) is 10.2 Å². The van der Waals surface area contributed by atoms with Gasteiger partial charge < -0.3 is 15.1 Å². The molecule has 0 radical (unpaired) electrons. The molecule has 144 valence electrons. The fourth-order valence-corrected chi connectivity index (χ4v) is 5.11. The second-order valence-corrected chi connectivity index (χ2v) is 7.97. The quantitative estimate of drug-likeness (QED) is 0.868. The average molecular weight is 367 g/mol. The molecular weight excluding hydrogens is 338 g/mol. The van der Waals surface area contributed by atoms with E-state index in [4.69, 9.17) is 0 Å². The molecule has 1 aromatic carbocycles. The van der Waals surface area contributed by atoms with Crippen molar-refractivity contribution in [3.05, 3.63) is 59.3 Å². The molecule has 1 spiro atoms. The predicted molar refractivity (Wildman–Crippen MR) is 107 cm³/mol. The van der Waals surface area contributed by atoms with E-state index < -0.39 is 6.10 Å². The molecular formula is C22H29N3O2. The van der Waals surface area contributed by atoms with Crippen molar-refractivity contribution in [1.82, 2.24) is 9.88 Å². The Hall–Kier alpha value is -1.95. The summed E-state index contributed by atoms with van der Waals surface area (Å²) in [5.74, 6) is 1.06. The first-order valence-electron chi connectivity index (χ1n) is 9.83. The Balaban J connectivity index is 1.63. The zero-order valence-electron chi connectivity index (χ0n) is 16.2. The van der Waals surface area contributed by atoms with E-state index in [0.29, 0.717) is 6.54 Å². The number of aliphatic hydroxyl groups excluding tert-OH is 2. The Kier molecular flexibility index (Phi) is 4.93. The number of fused-ring (bicyclic) bond motifs is 2. The largest absolute Gasteiger partial charge is 0.395 e. The molecule has 1 fully saturated rings. The second-order valence-electron chi connectivity index (χ2n) is 7.97. The number of aryl methyl sites for hydroxylation is 1. The summed E-state index contributed by atoms with van der Waals surface area (Å²) in [6.07, 6.45) is 3.21. The summed E-state index contributed by atoms with van der Waals surface area (Å²) in [5, 5.41) is 20.8. The van der Waals surface area contributed by atoms with Crippen LogP contribution in [0.2, 0.25) is 0 Å². The SMILES string of the molecule is Cc1cccnc1N1CCC2(CC1)c1ccccc1[C@@H](N(C)CCO)[C@@H]2O. The van der Waals surface area contributed by atoms with E-state index in [1.807, 2.05) is 19.3 Å². The lowest BCUT2D eigenvalue weighted by Gasteiger charge is -2.44.